The maximum atomic E-state index is 12.7. The number of aryl methyl sites for hydroxylation is 2. The summed E-state index contributed by atoms with van der Waals surface area (Å²) in [5.41, 5.74) is 0.412. The minimum absolute atomic E-state index is 0.150. The van der Waals surface area contributed by atoms with Gasteiger partial charge in [0.05, 0.1) is 24.5 Å². The van der Waals surface area contributed by atoms with Crippen LogP contribution < -0.4 is 5.56 Å². The van der Waals surface area contributed by atoms with Crippen molar-refractivity contribution in [2.45, 2.75) is 38.6 Å². The molecular formula is C14H16N2O4S. The summed E-state index contributed by atoms with van der Waals surface area (Å²) in [6.45, 7) is 1.75. The third kappa shape index (κ3) is 2.16. The third-order valence-corrected chi connectivity index (χ3v) is 5.14. The molecule has 0 amide bonds. The van der Waals surface area contributed by atoms with Crippen molar-refractivity contribution < 1.29 is 15.0 Å². The first-order valence-corrected chi connectivity index (χ1v) is 7.72. The zero-order valence-corrected chi connectivity index (χ0v) is 12.4. The maximum Gasteiger partial charge on any atom is 0.311 e. The van der Waals surface area contributed by atoms with Gasteiger partial charge in [0.15, 0.2) is 0 Å². The van der Waals surface area contributed by atoms with Crippen molar-refractivity contribution in [3.8, 4) is 0 Å². The molecule has 112 valence electrons. The minimum atomic E-state index is -0.885. The van der Waals surface area contributed by atoms with E-state index in [9.17, 15) is 14.7 Å². The molecule has 2 aromatic heterocycles. The predicted octanol–water partition coefficient (Wildman–Crippen LogP) is 1.26. The van der Waals surface area contributed by atoms with Gasteiger partial charge in [0.1, 0.15) is 10.7 Å². The number of thiophene rings is 1. The number of carboxylic acids is 1. The molecule has 0 aromatic carbocycles. The average molecular weight is 308 g/mol. The molecule has 3 rings (SSSR count). The van der Waals surface area contributed by atoms with Crippen LogP contribution in [0.1, 0.15) is 35.0 Å². The number of aliphatic hydroxyl groups excluding tert-OH is 1. The summed E-state index contributed by atoms with van der Waals surface area (Å²) in [4.78, 5) is 30.2. The second kappa shape index (κ2) is 5.23. The molecule has 6 nitrogen and oxygen atoms in total. The van der Waals surface area contributed by atoms with Crippen molar-refractivity contribution in [2.24, 2.45) is 0 Å². The van der Waals surface area contributed by atoms with Crippen LogP contribution in [0.3, 0.4) is 0 Å². The summed E-state index contributed by atoms with van der Waals surface area (Å²) in [5.74, 6) is -0.960. The van der Waals surface area contributed by atoms with Gasteiger partial charge in [-0.15, -0.1) is 11.3 Å². The molecule has 1 aliphatic rings. The number of hydrogen-bond donors (Lipinski definition) is 2. The Morgan fingerprint density at radius 2 is 2.29 bits per heavy atom. The van der Waals surface area contributed by atoms with Gasteiger partial charge in [0.25, 0.3) is 5.56 Å². The molecule has 1 atom stereocenters. The molecule has 7 heteroatoms. The topological polar surface area (TPSA) is 92.4 Å². The van der Waals surface area contributed by atoms with Gasteiger partial charge in [0.2, 0.25) is 0 Å². The molecule has 21 heavy (non-hydrogen) atoms. The Hall–Kier alpha value is -1.73. The SMILES string of the molecule is Cc1nc2sc3c(c2c(=O)n1CCO)C(C(=O)O)CCC3. The van der Waals surface area contributed by atoms with Crippen molar-refractivity contribution in [1.82, 2.24) is 9.55 Å². The van der Waals surface area contributed by atoms with Crippen molar-refractivity contribution in [1.29, 1.82) is 0 Å². The first-order valence-electron chi connectivity index (χ1n) is 6.91. The summed E-state index contributed by atoms with van der Waals surface area (Å²) in [7, 11) is 0. The first kappa shape index (κ1) is 14.2. The highest BCUT2D eigenvalue weighted by molar-refractivity contribution is 7.18. The van der Waals surface area contributed by atoms with Crippen LogP contribution in [0.4, 0.5) is 0 Å². The Kier molecular flexibility index (Phi) is 3.54. The number of aliphatic hydroxyl groups is 1. The van der Waals surface area contributed by atoms with Gasteiger partial charge in [-0.1, -0.05) is 0 Å². The molecule has 0 spiro atoms. The molecule has 0 bridgehead atoms. The van der Waals surface area contributed by atoms with E-state index in [-0.39, 0.29) is 18.7 Å². The van der Waals surface area contributed by atoms with E-state index in [1.54, 1.807) is 6.92 Å². The van der Waals surface area contributed by atoms with Crippen LogP contribution in [-0.4, -0.2) is 32.3 Å². The Balaban J connectivity index is 2.34. The largest absolute Gasteiger partial charge is 0.481 e. The monoisotopic (exact) mass is 308 g/mol. The molecule has 0 saturated carbocycles. The number of rotatable bonds is 3. The highest BCUT2D eigenvalue weighted by atomic mass is 32.1. The zero-order valence-electron chi connectivity index (χ0n) is 11.6. The number of aliphatic carboxylic acids is 1. The first-order chi connectivity index (χ1) is 10.0. The van der Waals surface area contributed by atoms with Gasteiger partial charge in [-0.2, -0.15) is 0 Å². The molecule has 0 radical (unpaired) electrons. The number of carbonyl (C=O) groups is 1. The molecule has 0 fully saturated rings. The van der Waals surface area contributed by atoms with E-state index < -0.39 is 11.9 Å². The quantitative estimate of drug-likeness (QED) is 0.890. The van der Waals surface area contributed by atoms with Crippen LogP contribution in [0, 0.1) is 6.92 Å². The van der Waals surface area contributed by atoms with Gasteiger partial charge in [-0.3, -0.25) is 14.2 Å². The van der Waals surface area contributed by atoms with E-state index in [1.807, 2.05) is 0 Å². The summed E-state index contributed by atoms with van der Waals surface area (Å²) < 4.78 is 1.42. The fraction of sp³-hybridized carbons (Fsp3) is 0.500. The van der Waals surface area contributed by atoms with Gasteiger partial charge < -0.3 is 10.2 Å². The minimum Gasteiger partial charge on any atom is -0.481 e. The Morgan fingerprint density at radius 1 is 1.52 bits per heavy atom. The smallest absolute Gasteiger partial charge is 0.311 e. The Labute approximate surface area is 124 Å². The van der Waals surface area contributed by atoms with E-state index in [4.69, 9.17) is 5.11 Å². The fourth-order valence-electron chi connectivity index (χ4n) is 3.03. The van der Waals surface area contributed by atoms with Crippen LogP contribution in [0.15, 0.2) is 4.79 Å². The van der Waals surface area contributed by atoms with E-state index in [0.717, 1.165) is 17.7 Å². The second-order valence-electron chi connectivity index (χ2n) is 5.24. The second-order valence-corrected chi connectivity index (χ2v) is 6.33. The third-order valence-electron chi connectivity index (χ3n) is 3.98. The van der Waals surface area contributed by atoms with E-state index in [2.05, 4.69) is 4.98 Å². The molecule has 0 saturated heterocycles. The number of aromatic nitrogens is 2. The molecule has 2 aromatic rings. The predicted molar refractivity (Wildman–Crippen MR) is 79.0 cm³/mol. The van der Waals surface area contributed by atoms with Gasteiger partial charge in [-0.25, -0.2) is 4.98 Å². The maximum absolute atomic E-state index is 12.7. The summed E-state index contributed by atoms with van der Waals surface area (Å²) >= 11 is 1.43. The lowest BCUT2D eigenvalue weighted by Gasteiger charge is -2.19. The molecule has 0 aliphatic heterocycles. The molecule has 2 N–H and O–H groups in total. The number of fused-ring (bicyclic) bond motifs is 3. The van der Waals surface area contributed by atoms with Crippen molar-refractivity contribution in [3.05, 3.63) is 26.6 Å². The lowest BCUT2D eigenvalue weighted by molar-refractivity contribution is -0.139. The summed E-state index contributed by atoms with van der Waals surface area (Å²) in [6.07, 6.45) is 2.18. The molecule has 1 aliphatic carbocycles. The van der Waals surface area contributed by atoms with Gasteiger partial charge >= 0.3 is 5.97 Å². The fourth-order valence-corrected chi connectivity index (χ4v) is 4.34. The molecule has 1 unspecified atom stereocenters. The van der Waals surface area contributed by atoms with Crippen molar-refractivity contribution in [3.63, 3.8) is 0 Å². The number of hydrogen-bond acceptors (Lipinski definition) is 5. The summed E-state index contributed by atoms with van der Waals surface area (Å²) in [5, 5.41) is 18.9. The van der Waals surface area contributed by atoms with E-state index in [0.29, 0.717) is 28.0 Å². The van der Waals surface area contributed by atoms with Crippen molar-refractivity contribution in [2.75, 3.05) is 6.61 Å². The van der Waals surface area contributed by atoms with Crippen LogP contribution in [0.25, 0.3) is 10.2 Å². The van der Waals surface area contributed by atoms with E-state index in [1.165, 1.54) is 15.9 Å². The van der Waals surface area contributed by atoms with Gasteiger partial charge in [0, 0.05) is 4.88 Å². The lowest BCUT2D eigenvalue weighted by Crippen LogP contribution is -2.27. The van der Waals surface area contributed by atoms with Gasteiger partial charge in [-0.05, 0) is 31.7 Å². The normalized spacial score (nSPS) is 17.9. The number of nitrogens with zero attached hydrogens (tertiary/aromatic N) is 2. The number of carboxylic acid groups (broad SMARTS) is 1. The standard InChI is InChI=1S/C14H16N2O4S/c1-7-15-12-11(13(18)16(7)5-6-17)10-8(14(19)20)3-2-4-9(10)21-12/h8,17H,2-6H2,1H3,(H,19,20). The van der Waals surface area contributed by atoms with E-state index >= 15 is 0 Å². The average Bonchev–Trinajstić information content (AvgIpc) is 2.81. The molecule has 2 heterocycles. The highest BCUT2D eigenvalue weighted by Crippen LogP contribution is 2.40. The highest BCUT2D eigenvalue weighted by Gasteiger charge is 2.32. The zero-order chi connectivity index (χ0) is 15.1. The Bertz CT molecular complexity index is 777. The van der Waals surface area contributed by atoms with Crippen LogP contribution in [0.5, 0.6) is 0 Å². The van der Waals surface area contributed by atoms with Crippen LogP contribution in [0.2, 0.25) is 0 Å². The summed E-state index contributed by atoms with van der Waals surface area (Å²) in [6, 6.07) is 0. The lowest BCUT2D eigenvalue weighted by atomic mass is 9.86. The van der Waals surface area contributed by atoms with Crippen LogP contribution in [-0.2, 0) is 17.8 Å². The van der Waals surface area contributed by atoms with Crippen LogP contribution >= 0.6 is 11.3 Å². The van der Waals surface area contributed by atoms with Crippen molar-refractivity contribution >= 4 is 27.5 Å². The molecular weight excluding hydrogens is 292 g/mol. The Morgan fingerprint density at radius 3 is 2.95 bits per heavy atom.